The summed E-state index contributed by atoms with van der Waals surface area (Å²) in [5.74, 6) is 0.337. The summed E-state index contributed by atoms with van der Waals surface area (Å²) >= 11 is 0. The van der Waals surface area contributed by atoms with E-state index in [1.54, 1.807) is 11.9 Å². The van der Waals surface area contributed by atoms with E-state index in [0.717, 1.165) is 6.42 Å². The molecule has 1 amide bonds. The molecule has 0 aliphatic heterocycles. The molecule has 0 saturated heterocycles. The molecular weight excluding hydrogens is 190 g/mol. The lowest BCUT2D eigenvalue weighted by atomic mass is 10.0. The average molecular weight is 211 g/mol. The van der Waals surface area contributed by atoms with Gasteiger partial charge < -0.3 is 10.6 Å². The second kappa shape index (κ2) is 7.24. The molecule has 86 valence electrons. The number of carbonyl (C=O) groups is 1. The number of carbonyl (C=O) groups excluding carboxylic acids is 1. The van der Waals surface area contributed by atoms with Crippen LogP contribution in [0.25, 0.3) is 0 Å². The first kappa shape index (κ1) is 13.9. The van der Waals surface area contributed by atoms with Gasteiger partial charge >= 0.3 is 0 Å². The maximum atomic E-state index is 11.7. The van der Waals surface area contributed by atoms with E-state index in [-0.39, 0.29) is 17.9 Å². The number of nitrogens with two attached hydrogens (primary N) is 1. The number of hydrogen-bond donors (Lipinski definition) is 1. The zero-order valence-electron chi connectivity index (χ0n) is 9.86. The summed E-state index contributed by atoms with van der Waals surface area (Å²) in [5, 5.41) is 8.53. The highest BCUT2D eigenvalue weighted by molar-refractivity contribution is 5.76. The van der Waals surface area contributed by atoms with Gasteiger partial charge in [-0.2, -0.15) is 5.26 Å². The number of nitriles is 1. The third-order valence-electron chi connectivity index (χ3n) is 2.82. The minimum Gasteiger partial charge on any atom is -0.342 e. The van der Waals surface area contributed by atoms with Crippen LogP contribution >= 0.6 is 0 Å². The van der Waals surface area contributed by atoms with Gasteiger partial charge in [-0.15, -0.1) is 0 Å². The molecule has 15 heavy (non-hydrogen) atoms. The fourth-order valence-electron chi connectivity index (χ4n) is 1.30. The van der Waals surface area contributed by atoms with Gasteiger partial charge in [0.2, 0.25) is 5.91 Å². The third-order valence-corrected chi connectivity index (χ3v) is 2.82. The van der Waals surface area contributed by atoms with Gasteiger partial charge in [0.05, 0.1) is 12.5 Å². The summed E-state index contributed by atoms with van der Waals surface area (Å²) in [4.78, 5) is 13.4. The quantitative estimate of drug-likeness (QED) is 0.715. The smallest absolute Gasteiger partial charge is 0.222 e. The first-order chi connectivity index (χ1) is 7.06. The first-order valence-corrected chi connectivity index (χ1v) is 5.39. The molecule has 0 aromatic rings. The van der Waals surface area contributed by atoms with E-state index in [1.807, 2.05) is 13.8 Å². The zero-order chi connectivity index (χ0) is 11.8. The van der Waals surface area contributed by atoms with Crippen LogP contribution in [0.3, 0.4) is 0 Å². The van der Waals surface area contributed by atoms with Crippen molar-refractivity contribution in [1.82, 2.24) is 4.90 Å². The van der Waals surface area contributed by atoms with E-state index in [1.165, 1.54) is 0 Å². The van der Waals surface area contributed by atoms with Crippen LogP contribution in [0.4, 0.5) is 0 Å². The normalized spacial score (nSPS) is 14.1. The Labute approximate surface area is 92.0 Å². The van der Waals surface area contributed by atoms with Crippen molar-refractivity contribution < 1.29 is 4.79 Å². The summed E-state index contributed by atoms with van der Waals surface area (Å²) in [6, 6.07) is 2.05. The van der Waals surface area contributed by atoms with Gasteiger partial charge in [0, 0.05) is 19.5 Å². The molecule has 0 fully saturated rings. The molecule has 2 N–H and O–H groups in total. The highest BCUT2D eigenvalue weighted by Gasteiger charge is 2.18. The number of amides is 1. The Kier molecular flexibility index (Phi) is 6.72. The Morgan fingerprint density at radius 3 is 2.60 bits per heavy atom. The fraction of sp³-hybridized carbons (Fsp3) is 0.818. The third kappa shape index (κ3) is 4.80. The minimum atomic E-state index is -0.0159. The number of rotatable bonds is 6. The molecule has 0 saturated carbocycles. The second-order valence-electron chi connectivity index (χ2n) is 3.93. The highest BCUT2D eigenvalue weighted by atomic mass is 16.2. The maximum Gasteiger partial charge on any atom is 0.222 e. The SMILES string of the molecule is CCC(CN)CC(=O)N(C)C(C)CC#N. The summed E-state index contributed by atoms with van der Waals surface area (Å²) in [6.07, 6.45) is 1.78. The predicted molar refractivity (Wildman–Crippen MR) is 59.9 cm³/mol. The Balaban J connectivity index is 4.14. The Morgan fingerprint density at radius 2 is 2.20 bits per heavy atom. The van der Waals surface area contributed by atoms with Crippen molar-refractivity contribution in [2.45, 2.75) is 39.2 Å². The molecule has 2 atom stereocenters. The van der Waals surface area contributed by atoms with E-state index in [0.29, 0.717) is 19.4 Å². The monoisotopic (exact) mass is 211 g/mol. The minimum absolute atomic E-state index is 0.0159. The summed E-state index contributed by atoms with van der Waals surface area (Å²) in [6.45, 7) is 4.46. The Hall–Kier alpha value is -1.08. The predicted octanol–water partition coefficient (Wildman–Crippen LogP) is 1.12. The molecule has 4 heteroatoms. The van der Waals surface area contributed by atoms with E-state index in [4.69, 9.17) is 11.0 Å². The highest BCUT2D eigenvalue weighted by Crippen LogP contribution is 2.10. The molecule has 2 unspecified atom stereocenters. The second-order valence-corrected chi connectivity index (χ2v) is 3.93. The summed E-state index contributed by atoms with van der Waals surface area (Å²) in [7, 11) is 1.74. The van der Waals surface area contributed by atoms with Crippen LogP contribution in [0.5, 0.6) is 0 Å². The van der Waals surface area contributed by atoms with E-state index in [2.05, 4.69) is 6.07 Å². The molecule has 0 bridgehead atoms. The van der Waals surface area contributed by atoms with Gasteiger partial charge in [0.1, 0.15) is 0 Å². The summed E-state index contributed by atoms with van der Waals surface area (Å²) in [5.41, 5.74) is 5.54. The van der Waals surface area contributed by atoms with Crippen molar-refractivity contribution in [3.05, 3.63) is 0 Å². The lowest BCUT2D eigenvalue weighted by molar-refractivity contribution is -0.132. The molecule has 0 radical (unpaired) electrons. The van der Waals surface area contributed by atoms with Crippen molar-refractivity contribution in [3.63, 3.8) is 0 Å². The number of hydrogen-bond acceptors (Lipinski definition) is 3. The van der Waals surface area contributed by atoms with Crippen LogP contribution in [0.15, 0.2) is 0 Å². The van der Waals surface area contributed by atoms with Crippen molar-refractivity contribution in [3.8, 4) is 6.07 Å². The molecule has 0 heterocycles. The molecule has 0 rings (SSSR count). The fourth-order valence-corrected chi connectivity index (χ4v) is 1.30. The van der Waals surface area contributed by atoms with Crippen LogP contribution in [0.2, 0.25) is 0 Å². The largest absolute Gasteiger partial charge is 0.342 e. The van der Waals surface area contributed by atoms with Crippen LogP contribution in [-0.2, 0) is 4.79 Å². The van der Waals surface area contributed by atoms with Crippen molar-refractivity contribution in [1.29, 1.82) is 5.26 Å². The van der Waals surface area contributed by atoms with Gasteiger partial charge in [-0.3, -0.25) is 4.79 Å². The van der Waals surface area contributed by atoms with Crippen LogP contribution in [0.1, 0.15) is 33.1 Å². The van der Waals surface area contributed by atoms with Gasteiger partial charge in [-0.05, 0) is 19.4 Å². The van der Waals surface area contributed by atoms with E-state index in [9.17, 15) is 4.79 Å². The Morgan fingerprint density at radius 1 is 1.60 bits per heavy atom. The standard InChI is InChI=1S/C11H21N3O/c1-4-10(8-13)7-11(15)14(3)9(2)5-6-12/h9-10H,4-5,7-8,13H2,1-3H3. The van der Waals surface area contributed by atoms with Gasteiger partial charge in [-0.25, -0.2) is 0 Å². The molecular formula is C11H21N3O. The molecule has 4 nitrogen and oxygen atoms in total. The maximum absolute atomic E-state index is 11.7. The lowest BCUT2D eigenvalue weighted by Crippen LogP contribution is -2.36. The van der Waals surface area contributed by atoms with Gasteiger partial charge in [0.15, 0.2) is 0 Å². The molecule has 0 aliphatic rings. The van der Waals surface area contributed by atoms with E-state index >= 15 is 0 Å². The Bertz CT molecular complexity index is 230. The van der Waals surface area contributed by atoms with Crippen molar-refractivity contribution in [2.24, 2.45) is 11.7 Å². The first-order valence-electron chi connectivity index (χ1n) is 5.39. The van der Waals surface area contributed by atoms with Crippen molar-refractivity contribution >= 4 is 5.91 Å². The van der Waals surface area contributed by atoms with Gasteiger partial charge in [0.25, 0.3) is 0 Å². The molecule has 0 aromatic heterocycles. The molecule has 0 aliphatic carbocycles. The topological polar surface area (TPSA) is 70.1 Å². The average Bonchev–Trinajstić information content (AvgIpc) is 2.24. The van der Waals surface area contributed by atoms with E-state index < -0.39 is 0 Å². The molecule has 0 aromatic carbocycles. The number of nitrogens with zero attached hydrogens (tertiary/aromatic N) is 2. The van der Waals surface area contributed by atoms with Crippen molar-refractivity contribution in [2.75, 3.05) is 13.6 Å². The van der Waals surface area contributed by atoms with Crippen LogP contribution in [0, 0.1) is 17.2 Å². The van der Waals surface area contributed by atoms with Crippen LogP contribution in [-0.4, -0.2) is 30.4 Å². The zero-order valence-corrected chi connectivity index (χ0v) is 9.86. The van der Waals surface area contributed by atoms with Crippen LogP contribution < -0.4 is 5.73 Å². The summed E-state index contributed by atoms with van der Waals surface area (Å²) < 4.78 is 0. The lowest BCUT2D eigenvalue weighted by Gasteiger charge is -2.24. The molecule has 0 spiro atoms. The van der Waals surface area contributed by atoms with Gasteiger partial charge in [-0.1, -0.05) is 13.3 Å².